The highest BCUT2D eigenvalue weighted by Crippen LogP contribution is 2.31. The average Bonchev–Trinajstić information content (AvgIpc) is 3.25. The molecule has 1 atom stereocenters. The fraction of sp³-hybridized carbons (Fsp3) is 0.192. The van der Waals surface area contributed by atoms with Gasteiger partial charge < -0.3 is 15.0 Å². The number of hydrogen-bond donors (Lipinski definition) is 1. The zero-order valence-electron chi connectivity index (χ0n) is 17.4. The van der Waals surface area contributed by atoms with Crippen LogP contribution in [0.4, 0.5) is 11.4 Å². The zero-order chi connectivity index (χ0) is 22.1. The zero-order valence-corrected chi connectivity index (χ0v) is 17.4. The summed E-state index contributed by atoms with van der Waals surface area (Å²) in [5.74, 6) is -0.504. The Bertz CT molecular complexity index is 1190. The van der Waals surface area contributed by atoms with Crippen LogP contribution in [0.2, 0.25) is 0 Å². The van der Waals surface area contributed by atoms with Crippen molar-refractivity contribution in [3.05, 3.63) is 95.1 Å². The van der Waals surface area contributed by atoms with E-state index in [1.54, 1.807) is 35.2 Å². The summed E-state index contributed by atoms with van der Waals surface area (Å²) in [6, 6.07) is 21.9. The van der Waals surface area contributed by atoms with Gasteiger partial charge in [0.2, 0.25) is 5.91 Å². The highest BCUT2D eigenvalue weighted by Gasteiger charge is 2.28. The first-order valence-corrected chi connectivity index (χ1v) is 10.7. The van der Waals surface area contributed by atoms with E-state index in [-0.39, 0.29) is 23.9 Å². The lowest BCUT2D eigenvalue weighted by Crippen LogP contribution is -2.23. The molecule has 160 valence electrons. The number of benzene rings is 3. The number of hydrogen-bond acceptors (Lipinski definition) is 4. The smallest absolute Gasteiger partial charge is 0.339 e. The van der Waals surface area contributed by atoms with Crippen LogP contribution in [0, 0.1) is 0 Å². The third-order valence-corrected chi connectivity index (χ3v) is 5.92. The number of nitrogens with one attached hydrogen (secondary N) is 1. The molecule has 1 N–H and O–H groups in total. The number of carbonyl (C=O) groups is 3. The van der Waals surface area contributed by atoms with E-state index >= 15 is 0 Å². The van der Waals surface area contributed by atoms with E-state index in [9.17, 15) is 14.4 Å². The van der Waals surface area contributed by atoms with Crippen molar-refractivity contribution >= 4 is 29.2 Å². The van der Waals surface area contributed by atoms with Crippen LogP contribution >= 0.6 is 0 Å². The van der Waals surface area contributed by atoms with Crippen LogP contribution < -0.4 is 10.2 Å². The summed E-state index contributed by atoms with van der Waals surface area (Å²) >= 11 is 0. The Kier molecular flexibility index (Phi) is 5.19. The van der Waals surface area contributed by atoms with Crippen molar-refractivity contribution in [3.8, 4) is 0 Å². The van der Waals surface area contributed by atoms with Crippen LogP contribution in [0.3, 0.4) is 0 Å². The van der Waals surface area contributed by atoms with Gasteiger partial charge in [0.15, 0.2) is 0 Å². The molecule has 0 radical (unpaired) electrons. The second-order valence-electron chi connectivity index (χ2n) is 8.03. The molecule has 3 aromatic rings. The van der Waals surface area contributed by atoms with E-state index in [0.717, 1.165) is 29.8 Å². The fourth-order valence-corrected chi connectivity index (χ4v) is 4.24. The molecule has 1 fully saturated rings. The Balaban J connectivity index is 1.32. The summed E-state index contributed by atoms with van der Waals surface area (Å²) in [6.45, 7) is 0.728. The first-order valence-electron chi connectivity index (χ1n) is 10.7. The van der Waals surface area contributed by atoms with E-state index in [1.807, 2.05) is 42.5 Å². The Labute approximate surface area is 185 Å². The number of carbonyl (C=O) groups excluding carboxylic acids is 3. The number of ether oxygens (including phenoxy) is 1. The number of fused-ring (bicyclic) bond motifs is 1. The normalized spacial score (nSPS) is 17.6. The Morgan fingerprint density at radius 2 is 1.75 bits per heavy atom. The summed E-state index contributed by atoms with van der Waals surface area (Å²) in [6.07, 6.45) is 1.60. The van der Waals surface area contributed by atoms with E-state index in [4.69, 9.17) is 4.74 Å². The number of rotatable bonds is 4. The van der Waals surface area contributed by atoms with Gasteiger partial charge in [-0.15, -0.1) is 0 Å². The molecule has 2 aliphatic rings. The molecule has 0 saturated carbocycles. The third kappa shape index (κ3) is 3.87. The van der Waals surface area contributed by atoms with E-state index in [0.29, 0.717) is 29.7 Å². The third-order valence-electron chi connectivity index (χ3n) is 5.92. The van der Waals surface area contributed by atoms with Crippen molar-refractivity contribution in [2.45, 2.75) is 25.4 Å². The molecule has 6 nitrogen and oxygen atoms in total. The molecule has 0 aromatic heterocycles. The lowest BCUT2D eigenvalue weighted by Gasteiger charge is -2.25. The van der Waals surface area contributed by atoms with E-state index in [2.05, 4.69) is 5.32 Å². The molecule has 0 bridgehead atoms. The monoisotopic (exact) mass is 426 g/mol. The Morgan fingerprint density at radius 3 is 2.47 bits per heavy atom. The van der Waals surface area contributed by atoms with Crippen molar-refractivity contribution in [2.24, 2.45) is 0 Å². The molecular formula is C26H22N2O4. The summed E-state index contributed by atoms with van der Waals surface area (Å²) in [7, 11) is 0. The first kappa shape index (κ1) is 20.0. The van der Waals surface area contributed by atoms with Crippen molar-refractivity contribution < 1.29 is 19.1 Å². The molecular weight excluding hydrogens is 404 g/mol. The van der Waals surface area contributed by atoms with Gasteiger partial charge in [-0.1, -0.05) is 30.3 Å². The molecule has 0 aliphatic carbocycles. The maximum atomic E-state index is 12.8. The molecule has 2 heterocycles. The van der Waals surface area contributed by atoms with Gasteiger partial charge in [-0.3, -0.25) is 9.59 Å². The predicted molar refractivity (Wildman–Crippen MR) is 121 cm³/mol. The molecule has 32 heavy (non-hydrogen) atoms. The minimum absolute atomic E-state index is 0.128. The minimum atomic E-state index is -0.376. The Hall–Kier alpha value is -3.93. The quantitative estimate of drug-likeness (QED) is 0.623. The molecule has 2 aliphatic heterocycles. The highest BCUT2D eigenvalue weighted by atomic mass is 16.5. The number of anilines is 2. The summed E-state index contributed by atoms with van der Waals surface area (Å²) in [5.41, 5.74) is 4.18. The number of nitrogens with zero attached hydrogens (tertiary/aromatic N) is 1. The van der Waals surface area contributed by atoms with E-state index < -0.39 is 0 Å². The summed E-state index contributed by atoms with van der Waals surface area (Å²) in [4.78, 5) is 39.0. The second kappa shape index (κ2) is 8.30. The van der Waals surface area contributed by atoms with Gasteiger partial charge in [0.1, 0.15) is 6.10 Å². The van der Waals surface area contributed by atoms with Gasteiger partial charge in [0.05, 0.1) is 5.56 Å². The number of esters is 1. The predicted octanol–water partition coefficient (Wildman–Crippen LogP) is 4.52. The van der Waals surface area contributed by atoms with Gasteiger partial charge in [0, 0.05) is 36.3 Å². The molecule has 5 rings (SSSR count). The van der Waals surface area contributed by atoms with Crippen LogP contribution in [0.1, 0.15) is 50.8 Å². The first-order chi connectivity index (χ1) is 15.6. The fourth-order valence-electron chi connectivity index (χ4n) is 4.24. The number of cyclic esters (lactones) is 1. The molecule has 6 heteroatoms. The topological polar surface area (TPSA) is 75.7 Å². The highest BCUT2D eigenvalue weighted by molar-refractivity contribution is 6.05. The van der Waals surface area contributed by atoms with Gasteiger partial charge in [-0.2, -0.15) is 0 Å². The molecule has 1 saturated heterocycles. The molecule has 3 aromatic carbocycles. The number of amides is 2. The van der Waals surface area contributed by atoms with Crippen molar-refractivity contribution in [3.63, 3.8) is 0 Å². The maximum Gasteiger partial charge on any atom is 0.339 e. The second-order valence-corrected chi connectivity index (χ2v) is 8.03. The average molecular weight is 426 g/mol. The summed E-state index contributed by atoms with van der Waals surface area (Å²) < 4.78 is 5.59. The van der Waals surface area contributed by atoms with Crippen molar-refractivity contribution in [1.82, 2.24) is 0 Å². The SMILES string of the molecule is O=C(Nc1ccc(N2CCCC2=O)cc1)c1ccc2c(c1)C[C@H](c1ccccc1)OC2=O. The van der Waals surface area contributed by atoms with Gasteiger partial charge in [-0.05, 0) is 60.0 Å². The summed E-state index contributed by atoms with van der Waals surface area (Å²) in [5, 5.41) is 2.89. The van der Waals surface area contributed by atoms with Crippen molar-refractivity contribution in [1.29, 1.82) is 0 Å². The van der Waals surface area contributed by atoms with Gasteiger partial charge >= 0.3 is 5.97 Å². The van der Waals surface area contributed by atoms with Crippen molar-refractivity contribution in [2.75, 3.05) is 16.8 Å². The lowest BCUT2D eigenvalue weighted by atomic mass is 9.93. The van der Waals surface area contributed by atoms with Crippen LogP contribution in [0.15, 0.2) is 72.8 Å². The maximum absolute atomic E-state index is 12.8. The van der Waals surface area contributed by atoms with Crippen LogP contribution in [-0.2, 0) is 16.0 Å². The minimum Gasteiger partial charge on any atom is -0.454 e. The largest absolute Gasteiger partial charge is 0.454 e. The van der Waals surface area contributed by atoms with Crippen LogP contribution in [0.25, 0.3) is 0 Å². The molecule has 0 unspecified atom stereocenters. The van der Waals surface area contributed by atoms with Crippen LogP contribution in [-0.4, -0.2) is 24.3 Å². The molecule has 0 spiro atoms. The molecule has 2 amide bonds. The van der Waals surface area contributed by atoms with E-state index in [1.165, 1.54) is 0 Å². The van der Waals surface area contributed by atoms with Crippen LogP contribution in [0.5, 0.6) is 0 Å². The lowest BCUT2D eigenvalue weighted by molar-refractivity contribution is -0.117. The van der Waals surface area contributed by atoms with Gasteiger partial charge in [-0.25, -0.2) is 4.79 Å². The Morgan fingerprint density at radius 1 is 0.969 bits per heavy atom. The van der Waals surface area contributed by atoms with Gasteiger partial charge in [0.25, 0.3) is 5.91 Å². The standard InChI is InChI=1S/C26H22N2O4/c29-24-7-4-14-28(24)21-11-9-20(10-12-21)27-25(30)18-8-13-22-19(15-18)16-23(32-26(22)31)17-5-2-1-3-6-17/h1-3,5-6,8-13,15,23H,4,7,14,16H2,(H,27,30)/t23-/m1/s1.